The third-order valence-electron chi connectivity index (χ3n) is 2.66. The van der Waals surface area contributed by atoms with Gasteiger partial charge in [-0.2, -0.15) is 0 Å². The fourth-order valence-electron chi connectivity index (χ4n) is 1.87. The summed E-state index contributed by atoms with van der Waals surface area (Å²) in [6.45, 7) is 3.42. The molecule has 1 amide bonds. The molecule has 1 aliphatic heterocycles. The number of likely N-dealkylation sites (tertiary alicyclic amines) is 1. The van der Waals surface area contributed by atoms with Crippen LogP contribution >= 0.6 is 0 Å². The van der Waals surface area contributed by atoms with Gasteiger partial charge in [-0.05, 0) is 19.8 Å². The highest BCUT2D eigenvalue weighted by Crippen LogP contribution is 2.17. The topological polar surface area (TPSA) is 55.8 Å². The largest absolute Gasteiger partial charge is 0.466 e. The van der Waals surface area contributed by atoms with E-state index in [2.05, 4.69) is 0 Å². The summed E-state index contributed by atoms with van der Waals surface area (Å²) >= 11 is 0. The van der Waals surface area contributed by atoms with Crippen LogP contribution in [0.3, 0.4) is 0 Å². The molecule has 0 aromatic heterocycles. The molecule has 1 rings (SSSR count). The van der Waals surface area contributed by atoms with Crippen LogP contribution in [0.5, 0.6) is 0 Å². The molecule has 0 aromatic carbocycles. The van der Waals surface area contributed by atoms with E-state index in [-0.39, 0.29) is 24.4 Å². The van der Waals surface area contributed by atoms with E-state index < -0.39 is 0 Å². The summed E-state index contributed by atoms with van der Waals surface area (Å²) < 4.78 is 9.75. The van der Waals surface area contributed by atoms with Gasteiger partial charge in [-0.3, -0.25) is 9.59 Å². The van der Waals surface area contributed by atoms with Gasteiger partial charge in [0.05, 0.1) is 12.5 Å². The highest BCUT2D eigenvalue weighted by atomic mass is 16.5. The predicted molar refractivity (Wildman–Crippen MR) is 57.8 cm³/mol. The molecule has 1 atom stereocenters. The molecule has 0 saturated carbocycles. The first-order valence-corrected chi connectivity index (χ1v) is 5.62. The lowest BCUT2D eigenvalue weighted by atomic mass is 9.98. The molecule has 5 heteroatoms. The average Bonchev–Trinajstić information content (AvgIpc) is 2.30. The number of carbonyl (C=O) groups excluding carboxylic acids is 2. The fourth-order valence-corrected chi connectivity index (χ4v) is 1.87. The predicted octanol–water partition coefficient (Wildman–Crippen LogP) is 0.434. The highest BCUT2D eigenvalue weighted by molar-refractivity contribution is 5.79. The summed E-state index contributed by atoms with van der Waals surface area (Å²) in [4.78, 5) is 24.8. The number of methoxy groups -OCH3 is 1. The van der Waals surface area contributed by atoms with Gasteiger partial charge in [-0.1, -0.05) is 0 Å². The van der Waals surface area contributed by atoms with Gasteiger partial charge in [0.2, 0.25) is 5.91 Å². The van der Waals surface area contributed by atoms with E-state index in [0.29, 0.717) is 19.7 Å². The molecule has 5 nitrogen and oxygen atoms in total. The lowest BCUT2D eigenvalue weighted by molar-refractivity contribution is -0.151. The van der Waals surface area contributed by atoms with Gasteiger partial charge >= 0.3 is 5.97 Å². The zero-order chi connectivity index (χ0) is 12.0. The van der Waals surface area contributed by atoms with Crippen LogP contribution in [0.2, 0.25) is 0 Å². The van der Waals surface area contributed by atoms with Crippen molar-refractivity contribution in [3.8, 4) is 0 Å². The molecular formula is C11H19NO4. The van der Waals surface area contributed by atoms with Gasteiger partial charge in [0.1, 0.15) is 6.61 Å². The summed E-state index contributed by atoms with van der Waals surface area (Å²) in [5.74, 6) is -0.427. The van der Waals surface area contributed by atoms with Crippen molar-refractivity contribution in [2.45, 2.75) is 19.8 Å². The Morgan fingerprint density at radius 2 is 2.19 bits per heavy atom. The molecule has 0 aliphatic carbocycles. The van der Waals surface area contributed by atoms with Gasteiger partial charge in [0.25, 0.3) is 0 Å². The average molecular weight is 229 g/mol. The fraction of sp³-hybridized carbons (Fsp3) is 0.818. The number of rotatable bonds is 4. The van der Waals surface area contributed by atoms with Gasteiger partial charge in [-0.25, -0.2) is 0 Å². The Labute approximate surface area is 95.7 Å². The SMILES string of the molecule is CCOC(=O)[C@H]1CCCN(C(=O)COC)C1. The zero-order valence-corrected chi connectivity index (χ0v) is 9.90. The summed E-state index contributed by atoms with van der Waals surface area (Å²) in [6.07, 6.45) is 1.65. The first-order chi connectivity index (χ1) is 7.69. The smallest absolute Gasteiger partial charge is 0.310 e. The van der Waals surface area contributed by atoms with E-state index in [1.807, 2.05) is 0 Å². The van der Waals surface area contributed by atoms with E-state index >= 15 is 0 Å². The van der Waals surface area contributed by atoms with E-state index in [9.17, 15) is 9.59 Å². The second-order valence-corrected chi connectivity index (χ2v) is 3.86. The van der Waals surface area contributed by atoms with Crippen LogP contribution in [0.15, 0.2) is 0 Å². The summed E-state index contributed by atoms with van der Waals surface area (Å²) in [5.41, 5.74) is 0. The summed E-state index contributed by atoms with van der Waals surface area (Å²) in [7, 11) is 1.49. The quantitative estimate of drug-likeness (QED) is 0.656. The van der Waals surface area contributed by atoms with Crippen LogP contribution in [0.1, 0.15) is 19.8 Å². The molecular weight excluding hydrogens is 210 g/mol. The van der Waals surface area contributed by atoms with E-state index in [1.165, 1.54) is 7.11 Å². The first-order valence-electron chi connectivity index (χ1n) is 5.62. The van der Waals surface area contributed by atoms with Crippen LogP contribution in [0, 0.1) is 5.92 Å². The summed E-state index contributed by atoms with van der Waals surface area (Å²) in [5, 5.41) is 0. The van der Waals surface area contributed by atoms with Gasteiger partial charge in [0.15, 0.2) is 0 Å². The zero-order valence-electron chi connectivity index (χ0n) is 9.90. The Hall–Kier alpha value is -1.10. The molecule has 1 saturated heterocycles. The van der Waals surface area contributed by atoms with Crippen molar-refractivity contribution in [1.82, 2.24) is 4.90 Å². The highest BCUT2D eigenvalue weighted by Gasteiger charge is 2.28. The van der Waals surface area contributed by atoms with Crippen molar-refractivity contribution in [3.05, 3.63) is 0 Å². The third kappa shape index (κ3) is 3.48. The number of amides is 1. The molecule has 0 spiro atoms. The number of hydrogen-bond donors (Lipinski definition) is 0. The van der Waals surface area contributed by atoms with Crippen LogP contribution in [0.25, 0.3) is 0 Å². The van der Waals surface area contributed by atoms with Crippen molar-refractivity contribution in [3.63, 3.8) is 0 Å². The van der Waals surface area contributed by atoms with Gasteiger partial charge in [-0.15, -0.1) is 0 Å². The van der Waals surface area contributed by atoms with E-state index in [1.54, 1.807) is 11.8 Å². The number of nitrogens with zero attached hydrogens (tertiary/aromatic N) is 1. The lowest BCUT2D eigenvalue weighted by Crippen LogP contribution is -2.44. The number of piperidine rings is 1. The molecule has 0 radical (unpaired) electrons. The normalized spacial score (nSPS) is 20.6. The first kappa shape index (κ1) is 13.0. The second kappa shape index (κ2) is 6.48. The Kier molecular flexibility index (Phi) is 5.25. The van der Waals surface area contributed by atoms with Crippen LogP contribution in [-0.4, -0.2) is 50.2 Å². The number of hydrogen-bond acceptors (Lipinski definition) is 4. The van der Waals surface area contributed by atoms with Crippen LogP contribution in [0.4, 0.5) is 0 Å². The maximum Gasteiger partial charge on any atom is 0.310 e. The Bertz CT molecular complexity index is 230. The van der Waals surface area contributed by atoms with Crippen LogP contribution < -0.4 is 0 Å². The molecule has 1 fully saturated rings. The molecule has 0 bridgehead atoms. The Balaban J connectivity index is 2.46. The number of carbonyl (C=O) groups is 2. The van der Waals surface area contributed by atoms with Gasteiger partial charge < -0.3 is 14.4 Å². The second-order valence-electron chi connectivity index (χ2n) is 3.86. The molecule has 0 N–H and O–H groups in total. The van der Waals surface area contributed by atoms with Crippen molar-refractivity contribution >= 4 is 11.9 Å². The van der Waals surface area contributed by atoms with E-state index in [4.69, 9.17) is 9.47 Å². The maximum atomic E-state index is 11.6. The third-order valence-corrected chi connectivity index (χ3v) is 2.66. The molecule has 1 heterocycles. The minimum absolute atomic E-state index is 0.0588. The van der Waals surface area contributed by atoms with Gasteiger partial charge in [0, 0.05) is 20.2 Å². The van der Waals surface area contributed by atoms with Crippen molar-refractivity contribution in [1.29, 1.82) is 0 Å². The summed E-state index contributed by atoms with van der Waals surface area (Å²) in [6, 6.07) is 0. The van der Waals surface area contributed by atoms with E-state index in [0.717, 1.165) is 12.8 Å². The molecule has 16 heavy (non-hydrogen) atoms. The van der Waals surface area contributed by atoms with Crippen molar-refractivity contribution < 1.29 is 19.1 Å². The maximum absolute atomic E-state index is 11.6. The Morgan fingerprint density at radius 1 is 1.44 bits per heavy atom. The number of esters is 1. The lowest BCUT2D eigenvalue weighted by Gasteiger charge is -2.31. The molecule has 92 valence electrons. The molecule has 1 aliphatic rings. The standard InChI is InChI=1S/C11H19NO4/c1-3-16-11(14)9-5-4-6-12(7-9)10(13)8-15-2/h9H,3-8H2,1-2H3/t9-/m0/s1. The minimum atomic E-state index is -0.197. The minimum Gasteiger partial charge on any atom is -0.466 e. The number of ether oxygens (including phenoxy) is 2. The van der Waals surface area contributed by atoms with Crippen molar-refractivity contribution in [2.24, 2.45) is 5.92 Å². The van der Waals surface area contributed by atoms with Crippen molar-refractivity contribution in [2.75, 3.05) is 33.4 Å². The molecule has 0 aromatic rings. The Morgan fingerprint density at radius 3 is 2.81 bits per heavy atom. The van der Waals surface area contributed by atoms with Crippen LogP contribution in [-0.2, 0) is 19.1 Å². The monoisotopic (exact) mass is 229 g/mol. The molecule has 0 unspecified atom stereocenters.